The van der Waals surface area contributed by atoms with Crippen LogP contribution in [0.3, 0.4) is 0 Å². The number of anilines is 1. The first-order chi connectivity index (χ1) is 8.15. The van der Waals surface area contributed by atoms with E-state index in [9.17, 15) is 0 Å². The van der Waals surface area contributed by atoms with Crippen molar-refractivity contribution in [3.05, 3.63) is 41.0 Å². The highest BCUT2D eigenvalue weighted by atomic mass is 35.5. The maximum Gasteiger partial charge on any atom is 0.134 e. The van der Waals surface area contributed by atoms with Gasteiger partial charge in [-0.05, 0) is 26.1 Å². The van der Waals surface area contributed by atoms with Crippen molar-refractivity contribution in [1.82, 2.24) is 9.97 Å². The molecule has 5 heteroatoms. The fourth-order valence-electron chi connectivity index (χ4n) is 1.29. The molecule has 0 unspecified atom stereocenters. The van der Waals surface area contributed by atoms with Crippen LogP contribution in [0.25, 0.3) is 0 Å². The van der Waals surface area contributed by atoms with Gasteiger partial charge in [-0.1, -0.05) is 23.8 Å². The van der Waals surface area contributed by atoms with Gasteiger partial charge in [0.05, 0.1) is 0 Å². The summed E-state index contributed by atoms with van der Waals surface area (Å²) in [4.78, 5) is 12.0. The van der Waals surface area contributed by atoms with Crippen LogP contribution in [0.4, 0.5) is 5.82 Å². The first-order valence-corrected chi connectivity index (χ1v) is 5.56. The number of nitrogens with zero attached hydrogens (tertiary/aromatic N) is 3. The van der Waals surface area contributed by atoms with Gasteiger partial charge in [-0.15, -0.1) is 0 Å². The quantitative estimate of drug-likeness (QED) is 0.497. The molecule has 0 aliphatic heterocycles. The highest BCUT2D eigenvalue weighted by Crippen LogP contribution is 2.11. The summed E-state index contributed by atoms with van der Waals surface area (Å²) in [7, 11) is 0. The molecule has 4 nitrogen and oxygen atoms in total. The Balaban J connectivity index is 2.71. The molecule has 0 aromatic carbocycles. The summed E-state index contributed by atoms with van der Waals surface area (Å²) in [5, 5.41) is 3.58. The van der Waals surface area contributed by atoms with Crippen molar-refractivity contribution in [2.75, 3.05) is 11.9 Å². The fourth-order valence-corrected chi connectivity index (χ4v) is 1.52. The monoisotopic (exact) mass is 250 g/mol. The molecule has 0 amide bonds. The Hall–Kier alpha value is -1.68. The van der Waals surface area contributed by atoms with Crippen molar-refractivity contribution in [2.24, 2.45) is 4.99 Å². The third-order valence-electron chi connectivity index (χ3n) is 1.92. The lowest BCUT2D eigenvalue weighted by atomic mass is 10.2. The second-order valence-corrected chi connectivity index (χ2v) is 3.75. The maximum atomic E-state index is 5.84. The largest absolute Gasteiger partial charge is 0.366 e. The van der Waals surface area contributed by atoms with Gasteiger partial charge in [0.25, 0.3) is 0 Å². The Morgan fingerprint density at radius 2 is 2.35 bits per heavy atom. The molecule has 0 aliphatic carbocycles. The van der Waals surface area contributed by atoms with Crippen LogP contribution in [0.2, 0.25) is 5.15 Å². The van der Waals surface area contributed by atoms with Crippen molar-refractivity contribution >= 4 is 24.1 Å². The number of halogens is 1. The van der Waals surface area contributed by atoms with Gasteiger partial charge in [0.15, 0.2) is 0 Å². The molecule has 1 heterocycles. The van der Waals surface area contributed by atoms with Crippen LogP contribution < -0.4 is 5.32 Å². The summed E-state index contributed by atoms with van der Waals surface area (Å²) in [6, 6.07) is 1.68. The summed E-state index contributed by atoms with van der Waals surface area (Å²) >= 11 is 5.84. The zero-order chi connectivity index (χ0) is 12.7. The molecule has 0 saturated heterocycles. The van der Waals surface area contributed by atoms with E-state index in [4.69, 9.17) is 11.6 Å². The van der Waals surface area contributed by atoms with E-state index in [-0.39, 0.29) is 0 Å². The van der Waals surface area contributed by atoms with Gasteiger partial charge in [0.1, 0.15) is 16.8 Å². The molecular weight excluding hydrogens is 236 g/mol. The van der Waals surface area contributed by atoms with E-state index in [1.54, 1.807) is 19.2 Å². The number of hydrogen-bond acceptors (Lipinski definition) is 4. The predicted molar refractivity (Wildman–Crippen MR) is 72.7 cm³/mol. The molecule has 0 saturated carbocycles. The standard InChI is InChI=1S/C12H15ClN4/c1-4-5-10(7-14-3)8-15-12-6-11(13)16-9(2)17-12/h4-7H,3,8H2,1-2H3,(H,15,16,17)/b5-4-,10-7+. The van der Waals surface area contributed by atoms with E-state index in [1.165, 1.54) is 0 Å². The van der Waals surface area contributed by atoms with Crippen molar-refractivity contribution in [2.45, 2.75) is 13.8 Å². The fraction of sp³-hybridized carbons (Fsp3) is 0.250. The molecule has 0 atom stereocenters. The number of aryl methyl sites for hydroxylation is 1. The van der Waals surface area contributed by atoms with Crippen molar-refractivity contribution in [3.8, 4) is 0 Å². The second kappa shape index (κ2) is 6.81. The lowest BCUT2D eigenvalue weighted by molar-refractivity contribution is 1.04. The van der Waals surface area contributed by atoms with Gasteiger partial charge in [-0.2, -0.15) is 0 Å². The summed E-state index contributed by atoms with van der Waals surface area (Å²) in [6.45, 7) is 7.78. The molecule has 0 spiro atoms. The average molecular weight is 251 g/mol. The van der Waals surface area contributed by atoms with Crippen molar-refractivity contribution in [3.63, 3.8) is 0 Å². The number of aromatic nitrogens is 2. The number of aliphatic imine (C=N–C) groups is 1. The first-order valence-electron chi connectivity index (χ1n) is 5.18. The van der Waals surface area contributed by atoms with Gasteiger partial charge in [0, 0.05) is 18.8 Å². The van der Waals surface area contributed by atoms with E-state index < -0.39 is 0 Å². The number of rotatable bonds is 5. The Morgan fingerprint density at radius 3 is 2.94 bits per heavy atom. The molecule has 0 fully saturated rings. The number of hydrogen-bond donors (Lipinski definition) is 1. The minimum Gasteiger partial charge on any atom is -0.366 e. The van der Waals surface area contributed by atoms with Gasteiger partial charge >= 0.3 is 0 Å². The van der Waals surface area contributed by atoms with Crippen LogP contribution in [0.1, 0.15) is 12.7 Å². The molecule has 0 radical (unpaired) electrons. The SMILES string of the molecule is C=N/C=C(\C=C/C)CNc1cc(Cl)nc(C)n1. The highest BCUT2D eigenvalue weighted by molar-refractivity contribution is 6.29. The Labute approximate surface area is 106 Å². The molecule has 1 rings (SSSR count). The molecule has 17 heavy (non-hydrogen) atoms. The van der Waals surface area contributed by atoms with Crippen LogP contribution in [-0.2, 0) is 0 Å². The smallest absolute Gasteiger partial charge is 0.134 e. The Bertz CT molecular complexity index is 432. The molecular formula is C12H15ClN4. The topological polar surface area (TPSA) is 50.2 Å². The van der Waals surface area contributed by atoms with Crippen LogP contribution in [0, 0.1) is 6.92 Å². The van der Waals surface area contributed by atoms with E-state index in [2.05, 4.69) is 27.0 Å². The second-order valence-electron chi connectivity index (χ2n) is 3.36. The minimum atomic E-state index is 0.429. The zero-order valence-corrected chi connectivity index (χ0v) is 10.7. The summed E-state index contributed by atoms with van der Waals surface area (Å²) < 4.78 is 0. The molecule has 1 aromatic heterocycles. The molecule has 0 aliphatic rings. The van der Waals surface area contributed by atoms with Gasteiger partial charge in [0.2, 0.25) is 0 Å². The number of nitrogens with one attached hydrogen (secondary N) is 1. The van der Waals surface area contributed by atoms with Crippen LogP contribution in [-0.4, -0.2) is 23.2 Å². The van der Waals surface area contributed by atoms with E-state index in [0.29, 0.717) is 23.3 Å². The van der Waals surface area contributed by atoms with Crippen molar-refractivity contribution in [1.29, 1.82) is 0 Å². The van der Waals surface area contributed by atoms with Crippen molar-refractivity contribution < 1.29 is 0 Å². The lowest BCUT2D eigenvalue weighted by Gasteiger charge is -2.06. The Kier molecular flexibility index (Phi) is 5.36. The third kappa shape index (κ3) is 4.78. The normalized spacial score (nSPS) is 11.8. The lowest BCUT2D eigenvalue weighted by Crippen LogP contribution is -2.06. The minimum absolute atomic E-state index is 0.429. The van der Waals surface area contributed by atoms with Gasteiger partial charge < -0.3 is 5.32 Å². The predicted octanol–water partition coefficient (Wildman–Crippen LogP) is 3.01. The van der Waals surface area contributed by atoms with Crippen LogP contribution in [0.5, 0.6) is 0 Å². The Morgan fingerprint density at radius 1 is 1.59 bits per heavy atom. The van der Waals surface area contributed by atoms with Crippen LogP contribution >= 0.6 is 11.6 Å². The van der Waals surface area contributed by atoms with E-state index in [1.807, 2.05) is 19.1 Å². The van der Waals surface area contributed by atoms with Gasteiger partial charge in [-0.3, -0.25) is 4.99 Å². The highest BCUT2D eigenvalue weighted by Gasteiger charge is 1.99. The molecule has 90 valence electrons. The number of allylic oxidation sites excluding steroid dienone is 1. The van der Waals surface area contributed by atoms with E-state index in [0.717, 1.165) is 5.57 Å². The third-order valence-corrected chi connectivity index (χ3v) is 2.11. The van der Waals surface area contributed by atoms with Crippen LogP contribution in [0.15, 0.2) is 35.0 Å². The summed E-state index contributed by atoms with van der Waals surface area (Å²) in [5.41, 5.74) is 1.01. The molecule has 0 bridgehead atoms. The maximum absolute atomic E-state index is 5.84. The summed E-state index contributed by atoms with van der Waals surface area (Å²) in [6.07, 6.45) is 5.59. The van der Waals surface area contributed by atoms with Gasteiger partial charge in [-0.25, -0.2) is 9.97 Å². The molecule has 1 aromatic rings. The summed E-state index contributed by atoms with van der Waals surface area (Å²) in [5.74, 6) is 1.33. The van der Waals surface area contributed by atoms with E-state index >= 15 is 0 Å². The zero-order valence-electron chi connectivity index (χ0n) is 9.94. The first kappa shape index (κ1) is 13.4. The molecule has 1 N–H and O–H groups in total. The average Bonchev–Trinajstić information content (AvgIpc) is 2.25.